The molecule has 3 nitrogen and oxygen atoms in total. The van der Waals surface area contributed by atoms with Crippen LogP contribution in [0, 0.1) is 5.41 Å². The summed E-state index contributed by atoms with van der Waals surface area (Å²) in [5.74, 6) is 0.781. The third kappa shape index (κ3) is 2.61. The molecular weight excluding hydrogens is 312 g/mol. The Morgan fingerprint density at radius 1 is 1.20 bits per heavy atom. The second kappa shape index (κ2) is 6.05. The second-order valence-corrected chi connectivity index (χ2v) is 7.69. The third-order valence-electron chi connectivity index (χ3n) is 6.28. The van der Waals surface area contributed by atoms with Crippen LogP contribution in [0.5, 0.6) is 5.75 Å². The predicted octanol–water partition coefficient (Wildman–Crippen LogP) is 4.85. The highest BCUT2D eigenvalue weighted by Crippen LogP contribution is 2.55. The van der Waals surface area contributed by atoms with Gasteiger partial charge in [0.2, 0.25) is 0 Å². The van der Waals surface area contributed by atoms with Crippen molar-refractivity contribution in [2.45, 2.75) is 58.5 Å². The molecule has 0 N–H and O–H groups in total. The largest absolute Gasteiger partial charge is 0.497 e. The number of esters is 1. The van der Waals surface area contributed by atoms with Crippen molar-refractivity contribution in [3.63, 3.8) is 0 Å². The maximum absolute atomic E-state index is 11.6. The van der Waals surface area contributed by atoms with E-state index in [-0.39, 0.29) is 17.5 Å². The molecule has 25 heavy (non-hydrogen) atoms. The van der Waals surface area contributed by atoms with E-state index < -0.39 is 0 Å². The van der Waals surface area contributed by atoms with Crippen LogP contribution in [0.3, 0.4) is 0 Å². The number of methoxy groups -OCH3 is 1. The van der Waals surface area contributed by atoms with Gasteiger partial charge in [-0.15, -0.1) is 0 Å². The maximum atomic E-state index is 11.6. The SMILES string of the molecule is COc1ccc2c(c1)CCC1=C2CCC2(C)C1=CCCC2OC(C)=O. The lowest BCUT2D eigenvalue weighted by atomic mass is 9.60. The number of benzene rings is 1. The van der Waals surface area contributed by atoms with Crippen LogP contribution in [-0.2, 0) is 16.0 Å². The number of allylic oxidation sites excluding steroid dienone is 3. The van der Waals surface area contributed by atoms with Gasteiger partial charge in [-0.3, -0.25) is 4.79 Å². The Balaban J connectivity index is 1.76. The smallest absolute Gasteiger partial charge is 0.302 e. The van der Waals surface area contributed by atoms with Gasteiger partial charge in [-0.25, -0.2) is 0 Å². The van der Waals surface area contributed by atoms with Gasteiger partial charge in [0.1, 0.15) is 11.9 Å². The lowest BCUT2D eigenvalue weighted by Gasteiger charge is -2.47. The number of hydrogen-bond donors (Lipinski definition) is 0. The van der Waals surface area contributed by atoms with E-state index in [0.717, 1.165) is 44.3 Å². The summed E-state index contributed by atoms with van der Waals surface area (Å²) in [6.45, 7) is 3.82. The first kappa shape index (κ1) is 16.4. The molecule has 0 spiro atoms. The van der Waals surface area contributed by atoms with E-state index in [1.807, 2.05) is 0 Å². The van der Waals surface area contributed by atoms with Crippen LogP contribution in [0.2, 0.25) is 0 Å². The Labute approximate surface area is 149 Å². The zero-order chi connectivity index (χ0) is 17.6. The molecule has 3 heteroatoms. The highest BCUT2D eigenvalue weighted by atomic mass is 16.5. The van der Waals surface area contributed by atoms with Crippen LogP contribution in [0.15, 0.2) is 35.4 Å². The molecule has 132 valence electrons. The predicted molar refractivity (Wildman–Crippen MR) is 98.4 cm³/mol. The number of carbonyl (C=O) groups excluding carboxylic acids is 1. The summed E-state index contributed by atoms with van der Waals surface area (Å²) >= 11 is 0. The highest BCUT2D eigenvalue weighted by molar-refractivity contribution is 5.79. The Bertz CT molecular complexity index is 786. The van der Waals surface area contributed by atoms with Crippen LogP contribution >= 0.6 is 0 Å². The summed E-state index contributed by atoms with van der Waals surface area (Å²) in [7, 11) is 1.73. The van der Waals surface area contributed by atoms with E-state index in [1.54, 1.807) is 7.11 Å². The van der Waals surface area contributed by atoms with Gasteiger partial charge in [0.15, 0.2) is 0 Å². The fraction of sp³-hybridized carbons (Fsp3) is 0.500. The van der Waals surface area contributed by atoms with Crippen LogP contribution in [-0.4, -0.2) is 19.2 Å². The van der Waals surface area contributed by atoms with Crippen LogP contribution in [0.4, 0.5) is 0 Å². The van der Waals surface area contributed by atoms with E-state index in [9.17, 15) is 4.79 Å². The summed E-state index contributed by atoms with van der Waals surface area (Å²) in [5, 5.41) is 0. The van der Waals surface area contributed by atoms with Crippen molar-refractivity contribution in [3.05, 3.63) is 46.5 Å². The minimum absolute atomic E-state index is 0.0105. The molecule has 3 aliphatic rings. The lowest BCUT2D eigenvalue weighted by Crippen LogP contribution is -2.42. The lowest BCUT2D eigenvalue weighted by molar-refractivity contribution is -0.152. The average molecular weight is 338 g/mol. The minimum atomic E-state index is -0.159. The number of ether oxygens (including phenoxy) is 2. The van der Waals surface area contributed by atoms with E-state index in [2.05, 4.69) is 31.2 Å². The molecule has 0 saturated heterocycles. The minimum Gasteiger partial charge on any atom is -0.497 e. The zero-order valence-corrected chi connectivity index (χ0v) is 15.4. The van der Waals surface area contributed by atoms with Gasteiger partial charge in [0.05, 0.1) is 7.11 Å². The van der Waals surface area contributed by atoms with Crippen molar-refractivity contribution in [1.82, 2.24) is 0 Å². The standard InChI is InChI=1S/C22H26O3/c1-14(23)25-21-6-4-5-20-19-9-7-15-13-16(24-3)8-10-17(15)18(19)11-12-22(20,21)2/h5,8,10,13,21H,4,6-7,9,11-12H2,1-3H3. The number of rotatable bonds is 2. The Kier molecular flexibility index (Phi) is 3.98. The van der Waals surface area contributed by atoms with Gasteiger partial charge in [0.25, 0.3) is 0 Å². The van der Waals surface area contributed by atoms with Gasteiger partial charge in [0, 0.05) is 12.3 Å². The third-order valence-corrected chi connectivity index (χ3v) is 6.28. The van der Waals surface area contributed by atoms with Gasteiger partial charge >= 0.3 is 5.97 Å². The molecule has 0 aromatic heterocycles. The Morgan fingerprint density at radius 3 is 2.80 bits per heavy atom. The Hall–Kier alpha value is -2.03. The van der Waals surface area contributed by atoms with Crippen molar-refractivity contribution in [1.29, 1.82) is 0 Å². The molecule has 0 radical (unpaired) electrons. The summed E-state index contributed by atoms with van der Waals surface area (Å²) in [4.78, 5) is 11.6. The molecule has 0 amide bonds. The molecule has 2 unspecified atom stereocenters. The van der Waals surface area contributed by atoms with Crippen molar-refractivity contribution in [2.75, 3.05) is 7.11 Å². The molecule has 1 aromatic rings. The molecule has 4 rings (SSSR count). The first-order valence-corrected chi connectivity index (χ1v) is 9.30. The zero-order valence-electron chi connectivity index (χ0n) is 15.4. The number of aryl methyl sites for hydroxylation is 1. The monoisotopic (exact) mass is 338 g/mol. The summed E-state index contributed by atoms with van der Waals surface area (Å²) in [5.41, 5.74) is 7.19. The fourth-order valence-corrected chi connectivity index (χ4v) is 5.00. The molecule has 0 aliphatic heterocycles. The molecule has 3 aliphatic carbocycles. The number of carbonyl (C=O) groups is 1. The number of fused-ring (bicyclic) bond motifs is 4. The van der Waals surface area contributed by atoms with Crippen molar-refractivity contribution < 1.29 is 14.3 Å². The second-order valence-electron chi connectivity index (χ2n) is 7.69. The van der Waals surface area contributed by atoms with E-state index >= 15 is 0 Å². The maximum Gasteiger partial charge on any atom is 0.302 e. The van der Waals surface area contributed by atoms with E-state index in [4.69, 9.17) is 9.47 Å². The van der Waals surface area contributed by atoms with E-state index in [1.165, 1.54) is 34.8 Å². The molecule has 1 aromatic carbocycles. The molecule has 0 fully saturated rings. The normalized spacial score (nSPS) is 27.6. The molecule has 0 saturated carbocycles. The van der Waals surface area contributed by atoms with E-state index in [0.29, 0.717) is 0 Å². The summed E-state index contributed by atoms with van der Waals surface area (Å²) < 4.78 is 11.1. The van der Waals surface area contributed by atoms with Crippen LogP contribution in [0.1, 0.15) is 57.1 Å². The van der Waals surface area contributed by atoms with Gasteiger partial charge in [-0.1, -0.05) is 19.1 Å². The van der Waals surface area contributed by atoms with Gasteiger partial charge < -0.3 is 9.47 Å². The topological polar surface area (TPSA) is 35.5 Å². The van der Waals surface area contributed by atoms with Crippen LogP contribution in [0.25, 0.3) is 5.57 Å². The average Bonchev–Trinajstić information content (AvgIpc) is 2.61. The highest BCUT2D eigenvalue weighted by Gasteiger charge is 2.46. The molecular formula is C22H26O3. The first-order valence-electron chi connectivity index (χ1n) is 9.30. The summed E-state index contributed by atoms with van der Waals surface area (Å²) in [6.07, 6.45) is 8.58. The molecule has 2 atom stereocenters. The van der Waals surface area contributed by atoms with Crippen molar-refractivity contribution >= 4 is 11.5 Å². The first-order chi connectivity index (χ1) is 12.0. The number of hydrogen-bond acceptors (Lipinski definition) is 3. The van der Waals surface area contributed by atoms with Gasteiger partial charge in [-0.2, -0.15) is 0 Å². The fourth-order valence-electron chi connectivity index (χ4n) is 5.00. The molecule has 0 bridgehead atoms. The Morgan fingerprint density at radius 2 is 2.04 bits per heavy atom. The quantitative estimate of drug-likeness (QED) is 0.723. The molecule has 0 heterocycles. The van der Waals surface area contributed by atoms with Gasteiger partial charge in [-0.05, 0) is 78.5 Å². The van der Waals surface area contributed by atoms with Crippen LogP contribution < -0.4 is 4.74 Å². The van der Waals surface area contributed by atoms with Crippen molar-refractivity contribution in [3.8, 4) is 5.75 Å². The summed E-state index contributed by atoms with van der Waals surface area (Å²) in [6, 6.07) is 6.47. The van der Waals surface area contributed by atoms with Crippen molar-refractivity contribution in [2.24, 2.45) is 5.41 Å².